The average molecular weight is 969 g/mol. The summed E-state index contributed by atoms with van der Waals surface area (Å²) in [4.78, 5) is 25.9. The number of fused-ring (bicyclic) bond motifs is 2. The van der Waals surface area contributed by atoms with E-state index in [1.165, 1.54) is 66.7 Å². The predicted octanol–water partition coefficient (Wildman–Crippen LogP) is 6.88. The lowest BCUT2D eigenvalue weighted by molar-refractivity contribution is -0.0192. The molecule has 0 aromatic heterocycles. The van der Waals surface area contributed by atoms with Crippen molar-refractivity contribution in [1.82, 2.24) is 0 Å². The van der Waals surface area contributed by atoms with Crippen LogP contribution < -0.4 is 33.2 Å². The fourth-order valence-electron chi connectivity index (χ4n) is 7.90. The third kappa shape index (κ3) is 9.87. The van der Waals surface area contributed by atoms with E-state index >= 15 is 0 Å². The number of hydrogen-bond acceptors (Lipinski definition) is 20. The van der Waals surface area contributed by atoms with Gasteiger partial charge >= 0.3 is 11.9 Å². The average Bonchev–Trinajstić information content (AvgIpc) is 3.33. The molecular formula is C50H48O20. The summed E-state index contributed by atoms with van der Waals surface area (Å²) in [5, 5.41) is 89.6. The van der Waals surface area contributed by atoms with E-state index in [1.54, 1.807) is 30.3 Å². The molecule has 368 valence electrons. The minimum absolute atomic E-state index is 0.0300. The number of aromatic hydroxyl groups is 9. The molecule has 8 rings (SSSR count). The molecule has 0 radical (unpaired) electrons. The van der Waals surface area contributed by atoms with Crippen LogP contribution in [0.3, 0.4) is 0 Å². The first-order valence-electron chi connectivity index (χ1n) is 21.0. The summed E-state index contributed by atoms with van der Waals surface area (Å²) in [7, 11) is 7.35. The number of phenolic OH excluding ortho intramolecular Hbond substituents is 9. The van der Waals surface area contributed by atoms with Crippen molar-refractivity contribution < 1.29 is 98.2 Å². The van der Waals surface area contributed by atoms with E-state index in [-0.39, 0.29) is 75.5 Å². The topological polar surface area (TPSA) is 299 Å². The first-order valence-corrected chi connectivity index (χ1v) is 21.0. The molecule has 0 spiro atoms. The molecule has 6 aromatic rings. The number of methoxy groups -OCH3 is 5. The molecule has 0 saturated carbocycles. The van der Waals surface area contributed by atoms with Crippen molar-refractivity contribution in [3.05, 3.63) is 118 Å². The second kappa shape index (κ2) is 20.1. The van der Waals surface area contributed by atoms with Gasteiger partial charge in [0.15, 0.2) is 52.5 Å². The van der Waals surface area contributed by atoms with Gasteiger partial charge in [0, 0.05) is 64.9 Å². The fourth-order valence-corrected chi connectivity index (χ4v) is 7.90. The van der Waals surface area contributed by atoms with Gasteiger partial charge in [0.2, 0.25) is 5.75 Å². The van der Waals surface area contributed by atoms with E-state index in [1.807, 2.05) is 0 Å². The summed E-state index contributed by atoms with van der Waals surface area (Å²) in [5.74, 6) is -2.91. The summed E-state index contributed by atoms with van der Waals surface area (Å²) in [5.41, 5.74) is 1.67. The second-order valence-corrected chi connectivity index (χ2v) is 15.8. The van der Waals surface area contributed by atoms with E-state index in [4.69, 9.17) is 42.6 Å². The van der Waals surface area contributed by atoms with E-state index in [0.717, 1.165) is 24.3 Å². The van der Waals surface area contributed by atoms with Crippen LogP contribution in [0.5, 0.6) is 92.0 Å². The molecule has 2 aliphatic heterocycles. The van der Waals surface area contributed by atoms with Crippen LogP contribution in [0.15, 0.2) is 78.9 Å². The lowest BCUT2D eigenvalue weighted by Crippen LogP contribution is -2.35. The van der Waals surface area contributed by atoms with Gasteiger partial charge in [0.25, 0.3) is 0 Å². The van der Waals surface area contributed by atoms with Gasteiger partial charge in [-0.15, -0.1) is 0 Å². The van der Waals surface area contributed by atoms with Crippen molar-refractivity contribution in [2.45, 2.75) is 44.2 Å². The molecule has 0 unspecified atom stereocenters. The molecule has 0 aliphatic carbocycles. The summed E-state index contributed by atoms with van der Waals surface area (Å²) < 4.78 is 50.4. The molecule has 0 amide bonds. The van der Waals surface area contributed by atoms with Crippen LogP contribution in [-0.2, 0) is 22.3 Å². The Balaban J connectivity index is 0.000000207. The van der Waals surface area contributed by atoms with E-state index in [9.17, 15) is 55.5 Å². The summed E-state index contributed by atoms with van der Waals surface area (Å²) in [6.45, 7) is 1.50. The van der Waals surface area contributed by atoms with E-state index < -0.39 is 53.6 Å². The molecule has 0 saturated heterocycles. The molecule has 20 heteroatoms. The van der Waals surface area contributed by atoms with Gasteiger partial charge < -0.3 is 88.6 Å². The number of hydrogen-bond donors (Lipinski definition) is 9. The maximum absolute atomic E-state index is 13.0. The maximum atomic E-state index is 13.0. The van der Waals surface area contributed by atoms with Gasteiger partial charge in [0.05, 0.1) is 46.7 Å². The van der Waals surface area contributed by atoms with Crippen LogP contribution in [0.25, 0.3) is 0 Å². The van der Waals surface area contributed by atoms with E-state index in [0.29, 0.717) is 51.0 Å². The van der Waals surface area contributed by atoms with Crippen LogP contribution >= 0.6 is 0 Å². The Labute approximate surface area is 398 Å². The first kappa shape index (κ1) is 49.0. The highest BCUT2D eigenvalue weighted by atomic mass is 16.6. The molecule has 0 fully saturated rings. The van der Waals surface area contributed by atoms with Crippen LogP contribution in [0.1, 0.15) is 60.7 Å². The van der Waals surface area contributed by atoms with Gasteiger partial charge in [-0.3, -0.25) is 0 Å². The third-order valence-corrected chi connectivity index (χ3v) is 11.5. The number of carbonyl (C=O) groups excluding carboxylic acids is 2. The molecule has 2 aliphatic rings. The Kier molecular flexibility index (Phi) is 14.1. The molecule has 0 bridgehead atoms. The Morgan fingerprint density at radius 3 is 1.31 bits per heavy atom. The normalized spacial score (nSPS) is 16.6. The summed E-state index contributed by atoms with van der Waals surface area (Å²) in [6, 6.07) is 17.6. The SMILES string of the molecule is COc1cc([C@H]2Oc3cc(O)cc(O)c3C[C@H]2OC(=O)c2cc(O)c(C)c(O)c2)cc(OC)c1OC.COc1ccc([C@H]2Oc3cc(O)cc(O)c3C[C@H]2OC(=O)c2cc(O)c(O)c(O)c2)cc1OC. The monoisotopic (exact) mass is 968 g/mol. The Morgan fingerprint density at radius 2 is 0.886 bits per heavy atom. The standard InChI is InChI=1S/C26H26O10.C24H22O10/c1-12-17(28)5-14(6-18(12)29)26(31)36-23-11-16-19(30)9-15(27)10-20(16)35-24(23)13-7-21(32-2)25(34-4)22(8-13)33-3;1-31-18-4-3-11(7-20(18)32-2)23-21(10-14-15(26)8-13(25)9-19(14)33-23)34-24(30)12-5-16(27)22(29)17(28)6-12/h5-10,23-24,27-30H,11H2,1-4H3;3-9,21,23,25-29H,10H2,1-2H3/t23-,24-;21-,23-/m11/s1. The highest BCUT2D eigenvalue weighted by molar-refractivity contribution is 5.92. The molecule has 9 N–H and O–H groups in total. The molecule has 20 nitrogen and oxygen atoms in total. The zero-order chi connectivity index (χ0) is 50.7. The van der Waals surface area contributed by atoms with Crippen molar-refractivity contribution in [3.63, 3.8) is 0 Å². The van der Waals surface area contributed by atoms with Crippen LogP contribution in [0.2, 0.25) is 0 Å². The lowest BCUT2D eigenvalue weighted by atomic mass is 9.93. The second-order valence-electron chi connectivity index (χ2n) is 15.8. The number of phenols is 9. The van der Waals surface area contributed by atoms with Gasteiger partial charge in [-0.2, -0.15) is 0 Å². The first-order chi connectivity index (χ1) is 33.4. The zero-order valence-corrected chi connectivity index (χ0v) is 38.2. The van der Waals surface area contributed by atoms with Crippen LogP contribution in [0.4, 0.5) is 0 Å². The van der Waals surface area contributed by atoms with Crippen LogP contribution in [-0.4, -0.2) is 106 Å². The van der Waals surface area contributed by atoms with Crippen molar-refractivity contribution in [3.8, 4) is 92.0 Å². The summed E-state index contributed by atoms with van der Waals surface area (Å²) >= 11 is 0. The van der Waals surface area contributed by atoms with Crippen molar-refractivity contribution in [2.75, 3.05) is 35.5 Å². The van der Waals surface area contributed by atoms with Gasteiger partial charge in [-0.05, 0) is 55.5 Å². The molecule has 4 atom stereocenters. The van der Waals surface area contributed by atoms with Crippen molar-refractivity contribution in [1.29, 1.82) is 0 Å². The van der Waals surface area contributed by atoms with Gasteiger partial charge in [0.1, 0.15) is 58.2 Å². The minimum atomic E-state index is -0.966. The minimum Gasteiger partial charge on any atom is -0.508 e. The number of ether oxygens (including phenoxy) is 9. The number of benzene rings is 6. The maximum Gasteiger partial charge on any atom is 0.338 e. The number of rotatable bonds is 11. The Hall–Kier alpha value is -8.94. The molecule has 6 aromatic carbocycles. The van der Waals surface area contributed by atoms with E-state index in [2.05, 4.69) is 0 Å². The number of carbonyl (C=O) groups is 2. The smallest absolute Gasteiger partial charge is 0.338 e. The Morgan fingerprint density at radius 1 is 0.471 bits per heavy atom. The number of esters is 2. The molecular weight excluding hydrogens is 921 g/mol. The van der Waals surface area contributed by atoms with Gasteiger partial charge in [-0.25, -0.2) is 9.59 Å². The molecule has 70 heavy (non-hydrogen) atoms. The summed E-state index contributed by atoms with van der Waals surface area (Å²) in [6.07, 6.45) is -3.65. The van der Waals surface area contributed by atoms with Crippen LogP contribution in [0, 0.1) is 6.92 Å². The molecule has 2 heterocycles. The van der Waals surface area contributed by atoms with Crippen molar-refractivity contribution >= 4 is 11.9 Å². The fraction of sp³-hybridized carbons (Fsp3) is 0.240. The highest BCUT2D eigenvalue weighted by Gasteiger charge is 2.39. The Bertz CT molecular complexity index is 2890. The predicted molar refractivity (Wildman–Crippen MR) is 244 cm³/mol. The highest BCUT2D eigenvalue weighted by Crippen LogP contribution is 2.48. The van der Waals surface area contributed by atoms with Gasteiger partial charge in [-0.1, -0.05) is 6.07 Å². The quantitative estimate of drug-likeness (QED) is 0.0472. The zero-order valence-electron chi connectivity index (χ0n) is 38.2. The largest absolute Gasteiger partial charge is 0.508 e. The third-order valence-electron chi connectivity index (χ3n) is 11.5. The lowest BCUT2D eigenvalue weighted by Gasteiger charge is -2.34. The van der Waals surface area contributed by atoms with Crippen molar-refractivity contribution in [2.24, 2.45) is 0 Å².